The Labute approximate surface area is 379 Å². The van der Waals surface area contributed by atoms with Crippen molar-refractivity contribution >= 4 is 11.9 Å². The fourth-order valence-electron chi connectivity index (χ4n) is 8.02. The first-order valence-corrected chi connectivity index (χ1v) is 26.8. The highest BCUT2D eigenvalue weighted by Gasteiger charge is 2.20. The van der Waals surface area contributed by atoms with Crippen LogP contribution in [0.4, 0.5) is 0 Å². The van der Waals surface area contributed by atoms with E-state index in [0.29, 0.717) is 25.9 Å². The molecule has 0 fully saturated rings. The lowest BCUT2D eigenvalue weighted by Gasteiger charge is -2.22. The van der Waals surface area contributed by atoms with E-state index in [4.69, 9.17) is 4.74 Å². The molecule has 0 aliphatic rings. The SMILES string of the molecule is CCCC/C=C\CCCCCCCC(=O)OCCCCC/C=C\C=C/CCCCCCCCC(=O)NC(CO)C(O)CCCCCCCCCCCCCCCCCCCC. The van der Waals surface area contributed by atoms with E-state index in [-0.39, 0.29) is 18.5 Å². The van der Waals surface area contributed by atoms with E-state index in [0.717, 1.165) is 77.0 Å². The Morgan fingerprint density at radius 3 is 1.31 bits per heavy atom. The molecule has 0 aromatic rings. The lowest BCUT2D eigenvalue weighted by molar-refractivity contribution is -0.143. The first kappa shape index (κ1) is 59.1. The summed E-state index contributed by atoms with van der Waals surface area (Å²) in [4.78, 5) is 24.4. The van der Waals surface area contributed by atoms with Gasteiger partial charge in [-0.15, -0.1) is 0 Å². The summed E-state index contributed by atoms with van der Waals surface area (Å²) in [5.74, 6) is -0.0899. The lowest BCUT2D eigenvalue weighted by Crippen LogP contribution is -2.45. The Balaban J connectivity index is 3.54. The van der Waals surface area contributed by atoms with Crippen LogP contribution in [0.1, 0.15) is 277 Å². The number of nitrogens with one attached hydrogen (secondary N) is 1. The lowest BCUT2D eigenvalue weighted by atomic mass is 10.0. The predicted molar refractivity (Wildman–Crippen MR) is 264 cm³/mol. The van der Waals surface area contributed by atoms with Crippen molar-refractivity contribution in [2.75, 3.05) is 13.2 Å². The number of amides is 1. The van der Waals surface area contributed by atoms with Gasteiger partial charge in [0.15, 0.2) is 0 Å². The number of allylic oxidation sites excluding steroid dienone is 6. The van der Waals surface area contributed by atoms with E-state index < -0.39 is 12.1 Å². The second-order valence-electron chi connectivity index (χ2n) is 18.2. The monoisotopic (exact) mass is 858 g/mol. The van der Waals surface area contributed by atoms with Gasteiger partial charge in [0.2, 0.25) is 5.91 Å². The third-order valence-electron chi connectivity index (χ3n) is 12.2. The van der Waals surface area contributed by atoms with Crippen molar-refractivity contribution in [2.45, 2.75) is 289 Å². The van der Waals surface area contributed by atoms with Gasteiger partial charge in [-0.25, -0.2) is 0 Å². The molecule has 61 heavy (non-hydrogen) atoms. The summed E-state index contributed by atoms with van der Waals surface area (Å²) < 4.78 is 5.42. The molecule has 2 atom stereocenters. The maximum atomic E-state index is 12.5. The smallest absolute Gasteiger partial charge is 0.305 e. The van der Waals surface area contributed by atoms with Crippen molar-refractivity contribution in [3.8, 4) is 0 Å². The topological polar surface area (TPSA) is 95.9 Å². The van der Waals surface area contributed by atoms with Gasteiger partial charge in [0.05, 0.1) is 25.4 Å². The van der Waals surface area contributed by atoms with Gasteiger partial charge in [-0.3, -0.25) is 9.59 Å². The molecule has 3 N–H and O–H groups in total. The average molecular weight is 858 g/mol. The Bertz CT molecular complexity index is 993. The number of rotatable bonds is 49. The minimum Gasteiger partial charge on any atom is -0.466 e. The molecule has 0 rings (SSSR count). The average Bonchev–Trinajstić information content (AvgIpc) is 3.26. The standard InChI is InChI=1S/C55H103NO5/c1-3-5-7-9-11-13-15-16-17-18-19-21-24-28-31-35-39-43-47-53(58)52(51-57)56-54(59)48-44-40-36-32-29-25-22-20-23-26-30-34-38-42-46-50-61-55(60)49-45-41-37-33-27-14-12-10-8-6-4-2/h10,12,20,23,26,30,52-53,57-58H,3-9,11,13-19,21-22,24-25,27-29,31-51H2,1-2H3,(H,56,59)/b12-10-,23-20-,30-26-. The molecule has 0 heterocycles. The van der Waals surface area contributed by atoms with Gasteiger partial charge in [-0.1, -0.05) is 224 Å². The summed E-state index contributed by atoms with van der Waals surface area (Å²) in [5.41, 5.74) is 0. The molecule has 0 aliphatic heterocycles. The molecule has 0 aliphatic carbocycles. The van der Waals surface area contributed by atoms with Crippen molar-refractivity contribution in [1.82, 2.24) is 5.32 Å². The predicted octanol–water partition coefficient (Wildman–Crippen LogP) is 16.1. The summed E-state index contributed by atoms with van der Waals surface area (Å²) in [5, 5.41) is 23.3. The number of carbonyl (C=O) groups excluding carboxylic acids is 2. The highest BCUT2D eigenvalue weighted by atomic mass is 16.5. The van der Waals surface area contributed by atoms with Crippen LogP contribution in [0.2, 0.25) is 0 Å². The molecule has 0 saturated heterocycles. The quantitative estimate of drug-likeness (QED) is 0.0245. The minimum atomic E-state index is -0.679. The fraction of sp³-hybridized carbons (Fsp3) is 0.855. The highest BCUT2D eigenvalue weighted by Crippen LogP contribution is 2.16. The van der Waals surface area contributed by atoms with E-state index in [9.17, 15) is 19.8 Å². The minimum absolute atomic E-state index is 0.0330. The van der Waals surface area contributed by atoms with Gasteiger partial charge < -0.3 is 20.3 Å². The van der Waals surface area contributed by atoms with Crippen LogP contribution in [0, 0.1) is 0 Å². The van der Waals surface area contributed by atoms with Crippen molar-refractivity contribution in [3.63, 3.8) is 0 Å². The normalized spacial score (nSPS) is 12.9. The van der Waals surface area contributed by atoms with Crippen LogP contribution in [-0.4, -0.2) is 47.4 Å². The van der Waals surface area contributed by atoms with E-state index in [1.54, 1.807) is 0 Å². The molecule has 0 spiro atoms. The van der Waals surface area contributed by atoms with E-state index >= 15 is 0 Å². The number of hydrogen-bond acceptors (Lipinski definition) is 5. The van der Waals surface area contributed by atoms with Crippen molar-refractivity contribution < 1.29 is 24.5 Å². The maximum Gasteiger partial charge on any atom is 0.305 e. The highest BCUT2D eigenvalue weighted by molar-refractivity contribution is 5.76. The molecular weight excluding hydrogens is 755 g/mol. The second kappa shape index (κ2) is 50.7. The Hall–Kier alpha value is -1.92. The molecule has 358 valence electrons. The number of carbonyl (C=O) groups is 2. The first-order valence-electron chi connectivity index (χ1n) is 26.8. The van der Waals surface area contributed by atoms with Crippen LogP contribution in [0.25, 0.3) is 0 Å². The number of esters is 1. The summed E-state index contributed by atoms with van der Waals surface area (Å²) >= 11 is 0. The van der Waals surface area contributed by atoms with Crippen LogP contribution in [0.15, 0.2) is 36.5 Å². The van der Waals surface area contributed by atoms with Crippen LogP contribution in [-0.2, 0) is 14.3 Å². The van der Waals surface area contributed by atoms with Crippen molar-refractivity contribution in [2.24, 2.45) is 0 Å². The maximum absolute atomic E-state index is 12.5. The zero-order valence-electron chi connectivity index (χ0n) is 40.6. The van der Waals surface area contributed by atoms with Gasteiger partial charge in [-0.05, 0) is 77.0 Å². The van der Waals surface area contributed by atoms with Gasteiger partial charge in [0.1, 0.15) is 0 Å². The van der Waals surface area contributed by atoms with Crippen molar-refractivity contribution in [1.29, 1.82) is 0 Å². The van der Waals surface area contributed by atoms with Gasteiger partial charge in [0, 0.05) is 12.8 Å². The number of unbranched alkanes of at least 4 members (excludes halogenated alkanes) is 33. The molecule has 0 aromatic heterocycles. The number of aliphatic hydroxyl groups excluding tert-OH is 2. The van der Waals surface area contributed by atoms with Crippen LogP contribution >= 0.6 is 0 Å². The third-order valence-corrected chi connectivity index (χ3v) is 12.2. The molecule has 0 radical (unpaired) electrons. The van der Waals surface area contributed by atoms with Crippen molar-refractivity contribution in [3.05, 3.63) is 36.5 Å². The Morgan fingerprint density at radius 1 is 0.459 bits per heavy atom. The van der Waals surface area contributed by atoms with Crippen LogP contribution in [0.5, 0.6) is 0 Å². The molecule has 2 unspecified atom stereocenters. The molecule has 6 nitrogen and oxygen atoms in total. The van der Waals surface area contributed by atoms with Crippen LogP contribution in [0.3, 0.4) is 0 Å². The van der Waals surface area contributed by atoms with Gasteiger partial charge in [0.25, 0.3) is 0 Å². The fourth-order valence-corrected chi connectivity index (χ4v) is 8.02. The zero-order valence-corrected chi connectivity index (χ0v) is 40.6. The number of aliphatic hydroxyl groups is 2. The number of hydrogen-bond donors (Lipinski definition) is 3. The van der Waals surface area contributed by atoms with Gasteiger partial charge >= 0.3 is 5.97 Å². The molecular formula is C55H103NO5. The summed E-state index contributed by atoms with van der Waals surface area (Å²) in [6.07, 6.45) is 61.2. The summed E-state index contributed by atoms with van der Waals surface area (Å²) in [6.45, 7) is 4.86. The molecule has 0 aromatic carbocycles. The van der Waals surface area contributed by atoms with E-state index in [1.807, 2.05) is 0 Å². The largest absolute Gasteiger partial charge is 0.466 e. The summed E-state index contributed by atoms with van der Waals surface area (Å²) in [7, 11) is 0. The zero-order chi connectivity index (χ0) is 44.4. The number of ether oxygens (including phenoxy) is 1. The second-order valence-corrected chi connectivity index (χ2v) is 18.2. The molecule has 6 heteroatoms. The molecule has 0 bridgehead atoms. The van der Waals surface area contributed by atoms with Crippen LogP contribution < -0.4 is 5.32 Å². The van der Waals surface area contributed by atoms with E-state index in [1.165, 1.54) is 167 Å². The Morgan fingerprint density at radius 2 is 0.836 bits per heavy atom. The van der Waals surface area contributed by atoms with E-state index in [2.05, 4.69) is 55.6 Å². The Kier molecular flexibility index (Phi) is 49.1. The molecule has 0 saturated carbocycles. The molecule has 1 amide bonds. The first-order chi connectivity index (χ1) is 30.0. The third kappa shape index (κ3) is 47.4. The summed E-state index contributed by atoms with van der Waals surface area (Å²) in [6, 6.07) is -0.559. The van der Waals surface area contributed by atoms with Gasteiger partial charge in [-0.2, -0.15) is 0 Å².